The maximum atomic E-state index is 10.7. The van der Waals surface area contributed by atoms with Gasteiger partial charge in [-0.05, 0) is 0 Å². The van der Waals surface area contributed by atoms with Crippen molar-refractivity contribution in [2.45, 2.75) is 0 Å². The lowest BCUT2D eigenvalue weighted by molar-refractivity contribution is -0.498. The van der Waals surface area contributed by atoms with Crippen molar-refractivity contribution in [3.63, 3.8) is 0 Å². The van der Waals surface area contributed by atoms with Crippen LogP contribution in [-0.2, 0) is 0 Å². The molecule has 1 rings (SSSR count). The third kappa shape index (κ3) is 1.28. The van der Waals surface area contributed by atoms with Crippen molar-refractivity contribution in [3.8, 4) is 0 Å². The third-order valence-corrected chi connectivity index (χ3v) is 1.57. The number of hydrogen-bond acceptors (Lipinski definition) is 3. The summed E-state index contributed by atoms with van der Waals surface area (Å²) in [7, 11) is 0. The number of nitrogens with zero attached hydrogens (tertiary/aromatic N) is 1. The highest BCUT2D eigenvalue weighted by molar-refractivity contribution is 6.37. The van der Waals surface area contributed by atoms with Gasteiger partial charge in [0.2, 0.25) is 23.6 Å². The Labute approximate surface area is 70.8 Å². The lowest BCUT2D eigenvalue weighted by Gasteiger charge is -2.17. The molecule has 0 bridgehead atoms. The molecule has 0 aromatic heterocycles. The predicted octanol–water partition coefficient (Wildman–Crippen LogP) is 0.664. The molecule has 6 nitrogen and oxygen atoms in total. The first-order valence-corrected chi connectivity index (χ1v) is 3.07. The normalized spacial score (nSPS) is 22.5. The molecule has 2 N–H and O–H groups in total. The van der Waals surface area contributed by atoms with Gasteiger partial charge in [0.15, 0.2) is 0 Å². The maximum Gasteiger partial charge on any atom is 0.470 e. The van der Waals surface area contributed by atoms with Crippen molar-refractivity contribution in [2.24, 2.45) is 0 Å². The van der Waals surface area contributed by atoms with E-state index in [-0.39, 0.29) is 0 Å². The molecule has 0 aromatic carbocycles. The van der Waals surface area contributed by atoms with Crippen LogP contribution in [0, 0.1) is 0 Å². The predicted molar refractivity (Wildman–Crippen MR) is 34.4 cm³/mol. The summed E-state index contributed by atoms with van der Waals surface area (Å²) in [6.07, 6.45) is 0. The Morgan fingerprint density at radius 3 is 1.73 bits per heavy atom. The van der Waals surface area contributed by atoms with Gasteiger partial charge in [-0.25, -0.2) is 25.0 Å². The summed E-state index contributed by atoms with van der Waals surface area (Å²) in [6, 6.07) is -3.13. The number of carbonyl (C=O) groups excluding carboxylic acids is 3. The summed E-state index contributed by atoms with van der Waals surface area (Å²) < 4.78 is -1.56. The molecule has 1 aliphatic heterocycles. The van der Waals surface area contributed by atoms with E-state index in [4.69, 9.17) is 23.6 Å². The summed E-state index contributed by atoms with van der Waals surface area (Å²) >= 11 is 10.3. The molecule has 0 atom stereocenters. The zero-order chi connectivity index (χ0) is 8.65. The molecular weight excluding hydrogens is 197 g/mol. The van der Waals surface area contributed by atoms with Crippen molar-refractivity contribution in [2.75, 3.05) is 0 Å². The van der Waals surface area contributed by atoms with Crippen molar-refractivity contribution < 1.29 is 17.9 Å². The summed E-state index contributed by atoms with van der Waals surface area (Å²) in [4.78, 5) is 31.7. The largest absolute Gasteiger partial charge is 0.470 e. The van der Waals surface area contributed by atoms with Gasteiger partial charge >= 0.3 is 18.1 Å². The van der Waals surface area contributed by atoms with E-state index in [0.29, 0.717) is 0 Å². The van der Waals surface area contributed by atoms with Gasteiger partial charge in [0, 0.05) is 3.52 Å². The Morgan fingerprint density at radius 2 is 1.36 bits per heavy atom. The minimum Gasteiger partial charge on any atom is -0.248 e. The van der Waals surface area contributed by atoms with Gasteiger partial charge in [-0.15, -0.1) is 0 Å². The van der Waals surface area contributed by atoms with E-state index in [1.807, 2.05) is 0 Å². The molecule has 0 spiro atoms. The van der Waals surface area contributed by atoms with Gasteiger partial charge in [-0.3, -0.25) is 0 Å². The fourth-order valence-electron chi connectivity index (χ4n) is 0.458. The number of amides is 6. The van der Waals surface area contributed by atoms with E-state index in [1.165, 1.54) is 0 Å². The van der Waals surface area contributed by atoms with Crippen molar-refractivity contribution in [1.82, 2.24) is 10.6 Å². The number of halogens is 2. The Morgan fingerprint density at radius 1 is 1.00 bits per heavy atom. The van der Waals surface area contributed by atoms with Gasteiger partial charge in [-0.2, -0.15) is 0 Å². The van der Waals surface area contributed by atoms with Gasteiger partial charge in [0.05, 0.1) is 0 Å². The Balaban J connectivity index is 2.93. The zero-order valence-electron chi connectivity index (χ0n) is 4.93. The third-order valence-electron chi connectivity index (χ3n) is 0.951. The quantitative estimate of drug-likeness (QED) is 0.562. The molecule has 1 heterocycles. The number of carbonyl (C=O) groups is 3. The fourth-order valence-corrected chi connectivity index (χ4v) is 0.627. The van der Waals surface area contributed by atoms with Crippen LogP contribution in [0.5, 0.6) is 0 Å². The highest BCUT2D eigenvalue weighted by Crippen LogP contribution is 2.20. The van der Waals surface area contributed by atoms with Crippen molar-refractivity contribution in [3.05, 3.63) is 0 Å². The molecule has 6 amide bonds. The standard InChI is InChI=1S/C3HCl2N3O3/c4-8(5)2(10)6-1(9)7-3(8)11/h(H-,6,7,9,10,11)/p+1. The average Bonchev–Trinajstić information content (AvgIpc) is 1.84. The van der Waals surface area contributed by atoms with Crippen LogP contribution in [0.3, 0.4) is 0 Å². The highest BCUT2D eigenvalue weighted by Gasteiger charge is 2.51. The topological polar surface area (TPSA) is 75.3 Å². The molecule has 1 saturated heterocycles. The van der Waals surface area contributed by atoms with Crippen LogP contribution < -0.4 is 10.6 Å². The number of urea groups is 3. The fraction of sp³-hybridized carbons (Fsp3) is 0. The van der Waals surface area contributed by atoms with E-state index in [1.54, 1.807) is 10.6 Å². The number of hydrogen-bond donors (Lipinski definition) is 2. The van der Waals surface area contributed by atoms with E-state index in [0.717, 1.165) is 0 Å². The summed E-state index contributed by atoms with van der Waals surface area (Å²) in [5.74, 6) is 0. The Hall–Kier alpha value is -0.850. The SMILES string of the molecule is O=C1NC(=O)[N+](Cl)(Cl)C(=O)N1. The molecule has 0 saturated carbocycles. The molecule has 1 aliphatic rings. The summed E-state index contributed by atoms with van der Waals surface area (Å²) in [6.45, 7) is 0. The second-order valence-corrected chi connectivity index (χ2v) is 2.89. The first-order valence-electron chi connectivity index (χ1n) is 2.40. The monoisotopic (exact) mass is 198 g/mol. The van der Waals surface area contributed by atoms with Crippen LogP contribution in [0.4, 0.5) is 14.4 Å². The molecule has 11 heavy (non-hydrogen) atoms. The highest BCUT2D eigenvalue weighted by atomic mass is 35.5. The van der Waals surface area contributed by atoms with E-state index < -0.39 is 21.6 Å². The van der Waals surface area contributed by atoms with Crippen LogP contribution in [0.15, 0.2) is 0 Å². The smallest absolute Gasteiger partial charge is 0.248 e. The second-order valence-electron chi connectivity index (χ2n) is 1.70. The van der Waals surface area contributed by atoms with Crippen LogP contribution in [0.1, 0.15) is 0 Å². The van der Waals surface area contributed by atoms with Crippen molar-refractivity contribution in [1.29, 1.82) is 0 Å². The Kier molecular flexibility index (Phi) is 1.75. The molecule has 8 heteroatoms. The van der Waals surface area contributed by atoms with Gasteiger partial charge < -0.3 is 0 Å². The minimum absolute atomic E-state index is 0.935. The van der Waals surface area contributed by atoms with Gasteiger partial charge in [-0.1, -0.05) is 0 Å². The van der Waals surface area contributed by atoms with Crippen LogP contribution in [-0.4, -0.2) is 21.6 Å². The summed E-state index contributed by atoms with van der Waals surface area (Å²) in [5.41, 5.74) is 0. The minimum atomic E-state index is -1.56. The lowest BCUT2D eigenvalue weighted by Crippen LogP contribution is -2.62. The molecular formula is C3H2Cl2N3O3+. The van der Waals surface area contributed by atoms with E-state index in [2.05, 4.69) is 0 Å². The molecule has 0 aliphatic carbocycles. The van der Waals surface area contributed by atoms with Crippen LogP contribution in [0.25, 0.3) is 0 Å². The summed E-state index contributed by atoms with van der Waals surface area (Å²) in [5, 5.41) is 3.40. The number of quaternary nitrogens is 1. The average molecular weight is 199 g/mol. The van der Waals surface area contributed by atoms with Gasteiger partial charge in [0.1, 0.15) is 0 Å². The van der Waals surface area contributed by atoms with E-state index in [9.17, 15) is 14.4 Å². The maximum absolute atomic E-state index is 10.7. The van der Waals surface area contributed by atoms with Gasteiger partial charge in [0.25, 0.3) is 0 Å². The zero-order valence-corrected chi connectivity index (χ0v) is 6.44. The molecule has 1 fully saturated rings. The van der Waals surface area contributed by atoms with E-state index >= 15 is 0 Å². The van der Waals surface area contributed by atoms with Crippen LogP contribution in [0.2, 0.25) is 0 Å². The number of imide groups is 3. The molecule has 0 radical (unpaired) electrons. The van der Waals surface area contributed by atoms with Crippen molar-refractivity contribution >= 4 is 41.6 Å². The van der Waals surface area contributed by atoms with Crippen LogP contribution >= 0.6 is 23.6 Å². The molecule has 60 valence electrons. The first kappa shape index (κ1) is 8.25. The molecule has 0 unspecified atom stereocenters. The molecule has 0 aromatic rings. The number of nitrogens with one attached hydrogen (secondary N) is 2. The lowest BCUT2D eigenvalue weighted by atomic mass is 10.7. The second kappa shape index (κ2) is 2.33. The Bertz CT molecular complexity index is 228. The first-order chi connectivity index (χ1) is 4.94. The number of rotatable bonds is 0.